The van der Waals surface area contributed by atoms with Crippen LogP contribution in [0.1, 0.15) is 12.5 Å². The lowest BCUT2D eigenvalue weighted by Crippen LogP contribution is -2.34. The van der Waals surface area contributed by atoms with Crippen LogP contribution in [0.15, 0.2) is 18.2 Å². The van der Waals surface area contributed by atoms with Gasteiger partial charge in [0.2, 0.25) is 0 Å². The zero-order chi connectivity index (χ0) is 13.5. The van der Waals surface area contributed by atoms with Gasteiger partial charge in [-0.3, -0.25) is 4.79 Å². The molecule has 0 amide bonds. The first kappa shape index (κ1) is 14.9. The summed E-state index contributed by atoms with van der Waals surface area (Å²) in [4.78, 5) is 11.2. The third-order valence-corrected chi connectivity index (χ3v) is 3.27. The SMILES string of the molecule is CCOC(=O)C(N)CSCc1ccc(F)c(F)c1. The van der Waals surface area contributed by atoms with Gasteiger partial charge in [-0.05, 0) is 24.6 Å². The highest BCUT2D eigenvalue weighted by Crippen LogP contribution is 2.15. The van der Waals surface area contributed by atoms with E-state index in [1.807, 2.05) is 0 Å². The molecule has 0 heterocycles. The fraction of sp³-hybridized carbons (Fsp3) is 0.417. The van der Waals surface area contributed by atoms with Crippen LogP contribution in [0.2, 0.25) is 0 Å². The molecule has 100 valence electrons. The maximum absolute atomic E-state index is 12.9. The van der Waals surface area contributed by atoms with Crippen molar-refractivity contribution in [2.75, 3.05) is 12.4 Å². The Kier molecular flexibility index (Phi) is 6.07. The normalized spacial score (nSPS) is 12.2. The van der Waals surface area contributed by atoms with Gasteiger partial charge in [0.05, 0.1) is 6.61 Å². The first-order valence-corrected chi connectivity index (χ1v) is 6.64. The second-order valence-corrected chi connectivity index (χ2v) is 4.65. The lowest BCUT2D eigenvalue weighted by atomic mass is 10.2. The zero-order valence-corrected chi connectivity index (χ0v) is 10.8. The number of nitrogens with two attached hydrogens (primary N) is 1. The lowest BCUT2D eigenvalue weighted by Gasteiger charge is -2.10. The molecule has 1 rings (SSSR count). The van der Waals surface area contributed by atoms with Gasteiger partial charge in [0.1, 0.15) is 6.04 Å². The topological polar surface area (TPSA) is 52.3 Å². The van der Waals surface area contributed by atoms with Crippen molar-refractivity contribution >= 4 is 17.7 Å². The number of hydrogen-bond donors (Lipinski definition) is 1. The van der Waals surface area contributed by atoms with Crippen molar-refractivity contribution in [2.45, 2.75) is 18.7 Å². The molecule has 0 saturated carbocycles. The summed E-state index contributed by atoms with van der Waals surface area (Å²) in [5.41, 5.74) is 6.24. The van der Waals surface area contributed by atoms with E-state index < -0.39 is 23.6 Å². The number of hydrogen-bond acceptors (Lipinski definition) is 4. The van der Waals surface area contributed by atoms with Crippen molar-refractivity contribution in [2.24, 2.45) is 5.73 Å². The summed E-state index contributed by atoms with van der Waals surface area (Å²) in [6.07, 6.45) is 0. The standard InChI is InChI=1S/C12H15F2NO2S/c1-2-17-12(16)11(15)7-18-6-8-3-4-9(13)10(14)5-8/h3-5,11H,2,6-7,15H2,1H3. The predicted octanol–water partition coefficient (Wildman–Crippen LogP) is 2.09. The molecule has 1 aromatic rings. The maximum Gasteiger partial charge on any atom is 0.323 e. The van der Waals surface area contributed by atoms with Crippen LogP contribution in [0, 0.1) is 11.6 Å². The predicted molar refractivity (Wildman–Crippen MR) is 67.1 cm³/mol. The molecule has 0 bridgehead atoms. The molecular formula is C12H15F2NO2S. The number of ether oxygens (including phenoxy) is 1. The number of benzene rings is 1. The van der Waals surface area contributed by atoms with Crippen molar-refractivity contribution < 1.29 is 18.3 Å². The Labute approximate surface area is 109 Å². The highest BCUT2D eigenvalue weighted by molar-refractivity contribution is 7.98. The average molecular weight is 275 g/mol. The Morgan fingerprint density at radius 2 is 2.17 bits per heavy atom. The van der Waals surface area contributed by atoms with Gasteiger partial charge < -0.3 is 10.5 Å². The van der Waals surface area contributed by atoms with Crippen molar-refractivity contribution in [3.63, 3.8) is 0 Å². The minimum atomic E-state index is -0.872. The molecular weight excluding hydrogens is 260 g/mol. The molecule has 1 unspecified atom stereocenters. The Morgan fingerprint density at radius 3 is 2.78 bits per heavy atom. The van der Waals surface area contributed by atoms with E-state index in [2.05, 4.69) is 0 Å². The fourth-order valence-electron chi connectivity index (χ4n) is 1.25. The molecule has 0 spiro atoms. The summed E-state index contributed by atoms with van der Waals surface area (Å²) in [5, 5.41) is 0. The largest absolute Gasteiger partial charge is 0.465 e. The van der Waals surface area contributed by atoms with Crippen LogP contribution in [0.5, 0.6) is 0 Å². The fourth-order valence-corrected chi connectivity index (χ4v) is 2.17. The first-order valence-electron chi connectivity index (χ1n) is 5.48. The van der Waals surface area contributed by atoms with Crippen LogP contribution in [-0.4, -0.2) is 24.4 Å². The second kappa shape index (κ2) is 7.33. The van der Waals surface area contributed by atoms with Gasteiger partial charge in [-0.15, -0.1) is 0 Å². The maximum atomic E-state index is 12.9. The van der Waals surface area contributed by atoms with Gasteiger partial charge in [-0.2, -0.15) is 11.8 Å². The van der Waals surface area contributed by atoms with Crippen molar-refractivity contribution in [3.05, 3.63) is 35.4 Å². The second-order valence-electron chi connectivity index (χ2n) is 3.62. The third kappa shape index (κ3) is 4.62. The van der Waals surface area contributed by atoms with E-state index in [-0.39, 0.29) is 0 Å². The summed E-state index contributed by atoms with van der Waals surface area (Å²) in [6.45, 7) is 2.00. The van der Waals surface area contributed by atoms with Gasteiger partial charge in [0.25, 0.3) is 0 Å². The van der Waals surface area contributed by atoms with Crippen LogP contribution in [-0.2, 0) is 15.3 Å². The van der Waals surface area contributed by atoms with Gasteiger partial charge in [0, 0.05) is 11.5 Å². The number of carbonyl (C=O) groups is 1. The molecule has 0 aliphatic carbocycles. The Morgan fingerprint density at radius 1 is 1.44 bits per heavy atom. The minimum absolute atomic E-state index is 0.292. The van der Waals surface area contributed by atoms with E-state index in [4.69, 9.17) is 10.5 Å². The summed E-state index contributed by atoms with van der Waals surface area (Å²) in [5.74, 6) is -1.35. The molecule has 3 nitrogen and oxygen atoms in total. The summed E-state index contributed by atoms with van der Waals surface area (Å²) < 4.78 is 30.3. The molecule has 6 heteroatoms. The molecule has 0 saturated heterocycles. The molecule has 0 fully saturated rings. The van der Waals surface area contributed by atoms with Gasteiger partial charge in [0.15, 0.2) is 11.6 Å². The molecule has 1 atom stereocenters. The van der Waals surface area contributed by atoms with Crippen LogP contribution in [0.4, 0.5) is 8.78 Å². The number of halogens is 2. The van der Waals surface area contributed by atoms with Crippen LogP contribution < -0.4 is 5.73 Å². The van der Waals surface area contributed by atoms with E-state index in [9.17, 15) is 13.6 Å². The Balaban J connectivity index is 2.37. The van der Waals surface area contributed by atoms with Crippen molar-refractivity contribution in [1.82, 2.24) is 0 Å². The summed E-state index contributed by atoms with van der Waals surface area (Å²) >= 11 is 1.37. The van der Waals surface area contributed by atoms with E-state index in [0.29, 0.717) is 23.7 Å². The third-order valence-electron chi connectivity index (χ3n) is 2.14. The molecule has 0 aliphatic heterocycles. The number of carbonyl (C=O) groups excluding carboxylic acids is 1. The smallest absolute Gasteiger partial charge is 0.323 e. The molecule has 18 heavy (non-hydrogen) atoms. The summed E-state index contributed by atoms with van der Waals surface area (Å²) in [7, 11) is 0. The highest BCUT2D eigenvalue weighted by Gasteiger charge is 2.14. The first-order chi connectivity index (χ1) is 8.54. The molecule has 2 N–H and O–H groups in total. The number of thioether (sulfide) groups is 1. The van der Waals surface area contributed by atoms with Crippen molar-refractivity contribution in [3.8, 4) is 0 Å². The Hall–Kier alpha value is -1.14. The average Bonchev–Trinajstić information content (AvgIpc) is 2.34. The van der Waals surface area contributed by atoms with Gasteiger partial charge in [-0.1, -0.05) is 6.07 Å². The Bertz CT molecular complexity index is 415. The number of esters is 1. The van der Waals surface area contributed by atoms with E-state index in [0.717, 1.165) is 12.1 Å². The van der Waals surface area contributed by atoms with Gasteiger partial charge in [-0.25, -0.2) is 8.78 Å². The minimum Gasteiger partial charge on any atom is -0.465 e. The molecule has 0 radical (unpaired) electrons. The lowest BCUT2D eigenvalue weighted by molar-refractivity contribution is -0.144. The monoisotopic (exact) mass is 275 g/mol. The van der Waals surface area contributed by atoms with Crippen molar-refractivity contribution in [1.29, 1.82) is 0 Å². The zero-order valence-electron chi connectivity index (χ0n) is 9.99. The highest BCUT2D eigenvalue weighted by atomic mass is 32.2. The number of rotatable bonds is 6. The van der Waals surface area contributed by atoms with E-state index >= 15 is 0 Å². The molecule has 1 aromatic carbocycles. The van der Waals surface area contributed by atoms with Crippen LogP contribution in [0.25, 0.3) is 0 Å². The van der Waals surface area contributed by atoms with E-state index in [1.54, 1.807) is 6.92 Å². The summed E-state index contributed by atoms with van der Waals surface area (Å²) in [6, 6.07) is 3.02. The van der Waals surface area contributed by atoms with Crippen LogP contribution >= 0.6 is 11.8 Å². The quantitative estimate of drug-likeness (QED) is 0.808. The van der Waals surface area contributed by atoms with Gasteiger partial charge >= 0.3 is 5.97 Å². The van der Waals surface area contributed by atoms with Crippen LogP contribution in [0.3, 0.4) is 0 Å². The van der Waals surface area contributed by atoms with E-state index in [1.165, 1.54) is 17.8 Å². The molecule has 0 aliphatic rings. The molecule has 0 aromatic heterocycles.